The molecule has 0 aliphatic heterocycles. The summed E-state index contributed by atoms with van der Waals surface area (Å²) in [5.41, 5.74) is 8.25. The van der Waals surface area contributed by atoms with Crippen molar-refractivity contribution in [3.05, 3.63) is 36.1 Å². The highest BCUT2D eigenvalue weighted by atomic mass is 14.6. The van der Waals surface area contributed by atoms with E-state index >= 15 is 0 Å². The van der Waals surface area contributed by atoms with Crippen molar-refractivity contribution in [1.82, 2.24) is 0 Å². The number of hydrogen-bond donors (Lipinski definition) is 1. The van der Waals surface area contributed by atoms with Gasteiger partial charge in [0.2, 0.25) is 0 Å². The molecule has 0 fully saturated rings. The summed E-state index contributed by atoms with van der Waals surface area (Å²) >= 11 is 0. The first kappa shape index (κ1) is 9.02. The van der Waals surface area contributed by atoms with E-state index in [0.717, 1.165) is 17.6 Å². The second-order valence-corrected chi connectivity index (χ2v) is 2.57. The molecule has 10 heavy (non-hydrogen) atoms. The average molecular weight is 137 g/mol. The highest BCUT2D eigenvalue weighted by Gasteiger charge is 1.88. The SMILES string of the molecule is C=C(C)C/C=C(\C)C(=C)N. The van der Waals surface area contributed by atoms with Crippen molar-refractivity contribution < 1.29 is 0 Å². The maximum absolute atomic E-state index is 5.43. The summed E-state index contributed by atoms with van der Waals surface area (Å²) in [6.45, 7) is 11.3. The molecule has 0 spiro atoms. The van der Waals surface area contributed by atoms with Gasteiger partial charge in [0.15, 0.2) is 0 Å². The van der Waals surface area contributed by atoms with E-state index in [1.54, 1.807) is 0 Å². The maximum atomic E-state index is 5.43. The van der Waals surface area contributed by atoms with Crippen LogP contribution >= 0.6 is 0 Å². The van der Waals surface area contributed by atoms with Crippen molar-refractivity contribution >= 4 is 0 Å². The molecule has 0 unspecified atom stereocenters. The molecule has 0 aliphatic carbocycles. The molecule has 0 aromatic heterocycles. The van der Waals surface area contributed by atoms with Gasteiger partial charge < -0.3 is 5.73 Å². The van der Waals surface area contributed by atoms with Gasteiger partial charge in [0, 0.05) is 5.70 Å². The van der Waals surface area contributed by atoms with E-state index in [1.807, 2.05) is 19.9 Å². The largest absolute Gasteiger partial charge is 0.399 e. The van der Waals surface area contributed by atoms with Crippen LogP contribution in [0.15, 0.2) is 36.1 Å². The van der Waals surface area contributed by atoms with Crippen LogP contribution in [-0.2, 0) is 0 Å². The first-order valence-corrected chi connectivity index (χ1v) is 3.30. The summed E-state index contributed by atoms with van der Waals surface area (Å²) in [5.74, 6) is 0. The summed E-state index contributed by atoms with van der Waals surface area (Å²) in [6, 6.07) is 0. The van der Waals surface area contributed by atoms with E-state index in [-0.39, 0.29) is 0 Å². The Balaban J connectivity index is 3.92. The molecule has 0 saturated heterocycles. The monoisotopic (exact) mass is 137 g/mol. The van der Waals surface area contributed by atoms with Crippen LogP contribution < -0.4 is 5.73 Å². The number of hydrogen-bond acceptors (Lipinski definition) is 1. The van der Waals surface area contributed by atoms with Crippen molar-refractivity contribution in [2.75, 3.05) is 0 Å². The van der Waals surface area contributed by atoms with Crippen LogP contribution in [0.25, 0.3) is 0 Å². The molecule has 0 heterocycles. The molecule has 0 amide bonds. The highest BCUT2D eigenvalue weighted by molar-refractivity contribution is 5.23. The van der Waals surface area contributed by atoms with Crippen LogP contribution in [0, 0.1) is 0 Å². The zero-order valence-corrected chi connectivity index (χ0v) is 6.78. The van der Waals surface area contributed by atoms with Gasteiger partial charge in [0.25, 0.3) is 0 Å². The van der Waals surface area contributed by atoms with E-state index in [9.17, 15) is 0 Å². The maximum Gasteiger partial charge on any atom is 0.0267 e. The van der Waals surface area contributed by atoms with Crippen molar-refractivity contribution in [2.45, 2.75) is 20.3 Å². The molecule has 56 valence electrons. The van der Waals surface area contributed by atoms with Crippen LogP contribution in [0.2, 0.25) is 0 Å². The molecule has 0 rings (SSSR count). The molecule has 0 aliphatic rings. The summed E-state index contributed by atoms with van der Waals surface area (Å²) in [5, 5.41) is 0. The standard InChI is InChI=1S/C9H15N/c1-7(2)5-6-8(3)9(4)10/h6H,1,4-5,10H2,2-3H3/b8-6+. The number of rotatable bonds is 3. The van der Waals surface area contributed by atoms with Gasteiger partial charge in [0.1, 0.15) is 0 Å². The molecule has 0 saturated carbocycles. The van der Waals surface area contributed by atoms with E-state index in [1.165, 1.54) is 0 Å². The third kappa shape index (κ3) is 3.96. The lowest BCUT2D eigenvalue weighted by Gasteiger charge is -1.97. The second kappa shape index (κ2) is 3.94. The molecular formula is C9H15N. The minimum absolute atomic E-state index is 0.640. The molecule has 1 heteroatoms. The third-order valence-corrected chi connectivity index (χ3v) is 1.26. The fourth-order valence-corrected chi connectivity index (χ4v) is 0.458. The van der Waals surface area contributed by atoms with Gasteiger partial charge in [-0.25, -0.2) is 0 Å². The summed E-state index contributed by atoms with van der Waals surface area (Å²) in [4.78, 5) is 0. The van der Waals surface area contributed by atoms with Gasteiger partial charge in [-0.05, 0) is 25.8 Å². The lowest BCUT2D eigenvalue weighted by Crippen LogP contribution is -1.95. The molecular weight excluding hydrogens is 122 g/mol. The van der Waals surface area contributed by atoms with Crippen LogP contribution in [0.3, 0.4) is 0 Å². The third-order valence-electron chi connectivity index (χ3n) is 1.26. The summed E-state index contributed by atoms with van der Waals surface area (Å²) in [7, 11) is 0. The first-order chi connectivity index (χ1) is 4.54. The zero-order valence-electron chi connectivity index (χ0n) is 6.78. The molecule has 0 atom stereocenters. The fraction of sp³-hybridized carbons (Fsp3) is 0.333. The Bertz CT molecular complexity index is 175. The smallest absolute Gasteiger partial charge is 0.0267 e. The Morgan fingerprint density at radius 1 is 1.40 bits per heavy atom. The van der Waals surface area contributed by atoms with Gasteiger partial charge in [-0.15, -0.1) is 0 Å². The topological polar surface area (TPSA) is 26.0 Å². The predicted octanol–water partition coefficient (Wildman–Crippen LogP) is 2.37. The predicted molar refractivity (Wildman–Crippen MR) is 46.5 cm³/mol. The lowest BCUT2D eigenvalue weighted by molar-refractivity contribution is 1.18. The van der Waals surface area contributed by atoms with Crippen LogP contribution in [0.5, 0.6) is 0 Å². The highest BCUT2D eigenvalue weighted by Crippen LogP contribution is 2.04. The zero-order chi connectivity index (χ0) is 8.15. The second-order valence-electron chi connectivity index (χ2n) is 2.57. The molecule has 0 radical (unpaired) electrons. The van der Waals surface area contributed by atoms with Crippen LogP contribution in [0.4, 0.5) is 0 Å². The molecule has 1 nitrogen and oxygen atoms in total. The fourth-order valence-electron chi connectivity index (χ4n) is 0.458. The molecule has 0 aromatic carbocycles. The van der Waals surface area contributed by atoms with Gasteiger partial charge in [0.05, 0.1) is 0 Å². The van der Waals surface area contributed by atoms with Gasteiger partial charge in [-0.2, -0.15) is 0 Å². The summed E-state index contributed by atoms with van der Waals surface area (Å²) in [6.07, 6.45) is 2.92. The van der Waals surface area contributed by atoms with Crippen molar-refractivity contribution in [3.63, 3.8) is 0 Å². The van der Waals surface area contributed by atoms with Crippen LogP contribution in [0.1, 0.15) is 20.3 Å². The molecule has 0 bridgehead atoms. The Morgan fingerprint density at radius 3 is 2.20 bits per heavy atom. The van der Waals surface area contributed by atoms with Gasteiger partial charge >= 0.3 is 0 Å². The van der Waals surface area contributed by atoms with Crippen LogP contribution in [-0.4, -0.2) is 0 Å². The van der Waals surface area contributed by atoms with E-state index < -0.39 is 0 Å². The van der Waals surface area contributed by atoms with Gasteiger partial charge in [-0.3, -0.25) is 0 Å². The van der Waals surface area contributed by atoms with E-state index in [2.05, 4.69) is 13.2 Å². The molecule has 0 aromatic rings. The van der Waals surface area contributed by atoms with E-state index in [4.69, 9.17) is 5.73 Å². The van der Waals surface area contributed by atoms with Crippen molar-refractivity contribution in [2.24, 2.45) is 5.73 Å². The van der Waals surface area contributed by atoms with Crippen molar-refractivity contribution in [3.8, 4) is 0 Å². The van der Waals surface area contributed by atoms with Gasteiger partial charge in [-0.1, -0.05) is 24.8 Å². The Labute approximate surface area is 62.9 Å². The Morgan fingerprint density at radius 2 is 1.90 bits per heavy atom. The first-order valence-electron chi connectivity index (χ1n) is 3.30. The number of nitrogens with two attached hydrogens (primary N) is 1. The average Bonchev–Trinajstić information content (AvgIpc) is 1.82. The quantitative estimate of drug-likeness (QED) is 0.469. The Hall–Kier alpha value is -0.980. The van der Waals surface area contributed by atoms with Crippen molar-refractivity contribution in [1.29, 1.82) is 0 Å². The minimum atomic E-state index is 0.640. The Kier molecular flexibility index (Phi) is 3.55. The molecule has 2 N–H and O–H groups in total. The number of allylic oxidation sites excluding steroid dienone is 3. The van der Waals surface area contributed by atoms with E-state index in [0.29, 0.717) is 5.70 Å². The summed E-state index contributed by atoms with van der Waals surface area (Å²) < 4.78 is 0. The normalized spacial score (nSPS) is 11.2. The minimum Gasteiger partial charge on any atom is -0.399 e. The lowest BCUT2D eigenvalue weighted by atomic mass is 10.1.